The SMILES string of the molecule is NC(=O)c1c(NC(=O)CCCOc2ccccc2)sc2c1CCC2. The van der Waals surface area contributed by atoms with E-state index in [2.05, 4.69) is 5.32 Å². The van der Waals surface area contributed by atoms with Gasteiger partial charge in [0.1, 0.15) is 10.8 Å². The zero-order valence-corrected chi connectivity index (χ0v) is 14.2. The van der Waals surface area contributed by atoms with Crippen molar-refractivity contribution < 1.29 is 14.3 Å². The third kappa shape index (κ3) is 3.76. The van der Waals surface area contributed by atoms with Crippen LogP contribution in [0.5, 0.6) is 5.75 Å². The normalized spacial score (nSPS) is 12.7. The Hall–Kier alpha value is -2.34. The highest BCUT2D eigenvalue weighted by atomic mass is 32.1. The summed E-state index contributed by atoms with van der Waals surface area (Å²) in [7, 11) is 0. The van der Waals surface area contributed by atoms with Crippen LogP contribution < -0.4 is 15.8 Å². The van der Waals surface area contributed by atoms with Crippen LogP contribution in [0.15, 0.2) is 30.3 Å². The number of aryl methyl sites for hydroxylation is 1. The maximum atomic E-state index is 12.1. The number of nitrogens with one attached hydrogen (secondary N) is 1. The van der Waals surface area contributed by atoms with E-state index < -0.39 is 5.91 Å². The van der Waals surface area contributed by atoms with E-state index in [0.29, 0.717) is 30.0 Å². The van der Waals surface area contributed by atoms with Crippen molar-refractivity contribution in [1.29, 1.82) is 0 Å². The predicted molar refractivity (Wildman–Crippen MR) is 94.7 cm³/mol. The highest BCUT2D eigenvalue weighted by Crippen LogP contribution is 2.38. The summed E-state index contributed by atoms with van der Waals surface area (Å²) in [5.41, 5.74) is 7.01. The highest BCUT2D eigenvalue weighted by molar-refractivity contribution is 7.17. The van der Waals surface area contributed by atoms with E-state index in [0.717, 1.165) is 30.6 Å². The van der Waals surface area contributed by atoms with Gasteiger partial charge in [-0.2, -0.15) is 0 Å². The maximum Gasteiger partial charge on any atom is 0.251 e. The van der Waals surface area contributed by atoms with Gasteiger partial charge in [-0.1, -0.05) is 18.2 Å². The van der Waals surface area contributed by atoms with Crippen molar-refractivity contribution in [3.8, 4) is 5.75 Å². The van der Waals surface area contributed by atoms with E-state index in [4.69, 9.17) is 10.5 Å². The molecule has 24 heavy (non-hydrogen) atoms. The minimum Gasteiger partial charge on any atom is -0.494 e. The fourth-order valence-corrected chi connectivity index (χ4v) is 4.19. The Kier molecular flexibility index (Phi) is 5.15. The lowest BCUT2D eigenvalue weighted by atomic mass is 10.1. The fourth-order valence-electron chi connectivity index (χ4n) is 2.88. The van der Waals surface area contributed by atoms with Crippen LogP contribution in [-0.4, -0.2) is 18.4 Å². The number of nitrogens with two attached hydrogens (primary N) is 1. The quantitative estimate of drug-likeness (QED) is 0.757. The average Bonchev–Trinajstić information content (AvgIpc) is 3.12. The molecule has 3 rings (SSSR count). The second-order valence-corrected chi connectivity index (χ2v) is 6.84. The topological polar surface area (TPSA) is 81.4 Å². The van der Waals surface area contributed by atoms with Crippen LogP contribution in [0.4, 0.5) is 5.00 Å². The maximum absolute atomic E-state index is 12.1. The third-order valence-corrected chi connectivity index (χ3v) is 5.19. The molecule has 0 atom stereocenters. The Morgan fingerprint density at radius 1 is 1.21 bits per heavy atom. The van der Waals surface area contributed by atoms with Crippen molar-refractivity contribution in [2.45, 2.75) is 32.1 Å². The standard InChI is InChI=1S/C18H20N2O3S/c19-17(22)16-13-8-4-9-14(13)24-18(16)20-15(21)10-5-11-23-12-6-2-1-3-7-12/h1-3,6-7H,4-5,8-11H2,(H2,19,22)(H,20,21). The van der Waals surface area contributed by atoms with Crippen molar-refractivity contribution in [2.24, 2.45) is 5.73 Å². The summed E-state index contributed by atoms with van der Waals surface area (Å²) < 4.78 is 5.57. The predicted octanol–water partition coefficient (Wildman–Crippen LogP) is 3.13. The molecule has 0 bridgehead atoms. The van der Waals surface area contributed by atoms with Crippen LogP contribution in [0.3, 0.4) is 0 Å². The number of hydrogen-bond acceptors (Lipinski definition) is 4. The summed E-state index contributed by atoms with van der Waals surface area (Å²) in [5, 5.41) is 3.44. The van der Waals surface area contributed by atoms with Crippen LogP contribution in [0, 0.1) is 0 Å². The van der Waals surface area contributed by atoms with Gasteiger partial charge in [-0.05, 0) is 43.4 Å². The van der Waals surface area contributed by atoms with Crippen molar-refractivity contribution in [2.75, 3.05) is 11.9 Å². The molecule has 1 aromatic heterocycles. The molecule has 0 radical (unpaired) electrons. The lowest BCUT2D eigenvalue weighted by Gasteiger charge is -2.07. The fraction of sp³-hybridized carbons (Fsp3) is 0.333. The first-order chi connectivity index (χ1) is 11.6. The molecule has 2 aromatic rings. The number of para-hydroxylation sites is 1. The van der Waals surface area contributed by atoms with Gasteiger partial charge in [-0.15, -0.1) is 11.3 Å². The Morgan fingerprint density at radius 3 is 2.75 bits per heavy atom. The van der Waals surface area contributed by atoms with Gasteiger partial charge in [0.15, 0.2) is 0 Å². The monoisotopic (exact) mass is 344 g/mol. The number of thiophene rings is 1. The third-order valence-electron chi connectivity index (χ3n) is 3.98. The molecule has 0 saturated carbocycles. The number of anilines is 1. The van der Waals surface area contributed by atoms with Crippen LogP contribution >= 0.6 is 11.3 Å². The molecule has 1 aliphatic rings. The molecule has 0 aliphatic heterocycles. The van der Waals surface area contributed by atoms with E-state index in [1.807, 2.05) is 30.3 Å². The summed E-state index contributed by atoms with van der Waals surface area (Å²) in [6, 6.07) is 9.50. The molecule has 6 heteroatoms. The Labute approximate surface area is 144 Å². The summed E-state index contributed by atoms with van der Waals surface area (Å²) in [4.78, 5) is 25.0. The highest BCUT2D eigenvalue weighted by Gasteiger charge is 2.25. The van der Waals surface area contributed by atoms with Crippen molar-refractivity contribution >= 4 is 28.2 Å². The van der Waals surface area contributed by atoms with Gasteiger partial charge in [-0.3, -0.25) is 9.59 Å². The molecule has 126 valence electrons. The van der Waals surface area contributed by atoms with E-state index >= 15 is 0 Å². The molecule has 5 nitrogen and oxygen atoms in total. The van der Waals surface area contributed by atoms with Crippen LogP contribution in [0.1, 0.15) is 40.1 Å². The molecule has 1 aliphatic carbocycles. The Bertz CT molecular complexity index is 740. The lowest BCUT2D eigenvalue weighted by Crippen LogP contribution is -2.18. The molecule has 0 spiro atoms. The second kappa shape index (κ2) is 7.49. The average molecular weight is 344 g/mol. The molecule has 0 unspecified atom stereocenters. The van der Waals surface area contributed by atoms with E-state index in [1.165, 1.54) is 16.2 Å². The number of amides is 2. The lowest BCUT2D eigenvalue weighted by molar-refractivity contribution is -0.116. The number of primary amides is 1. The number of carbonyl (C=O) groups is 2. The largest absolute Gasteiger partial charge is 0.494 e. The Balaban J connectivity index is 1.51. The zero-order chi connectivity index (χ0) is 16.9. The van der Waals surface area contributed by atoms with Gasteiger partial charge in [0, 0.05) is 11.3 Å². The summed E-state index contributed by atoms with van der Waals surface area (Å²) >= 11 is 1.48. The molecule has 1 heterocycles. The van der Waals surface area contributed by atoms with Crippen molar-refractivity contribution in [3.63, 3.8) is 0 Å². The first-order valence-corrected chi connectivity index (χ1v) is 8.89. The van der Waals surface area contributed by atoms with Gasteiger partial charge in [0.05, 0.1) is 12.2 Å². The number of rotatable bonds is 7. The van der Waals surface area contributed by atoms with Gasteiger partial charge >= 0.3 is 0 Å². The van der Waals surface area contributed by atoms with E-state index in [-0.39, 0.29) is 5.91 Å². The minimum absolute atomic E-state index is 0.117. The second-order valence-electron chi connectivity index (χ2n) is 5.74. The van der Waals surface area contributed by atoms with E-state index in [1.54, 1.807) is 0 Å². The summed E-state index contributed by atoms with van der Waals surface area (Å²) in [6.07, 6.45) is 3.82. The van der Waals surface area contributed by atoms with Gasteiger partial charge in [-0.25, -0.2) is 0 Å². The van der Waals surface area contributed by atoms with Gasteiger partial charge in [0.2, 0.25) is 5.91 Å². The molecule has 0 saturated heterocycles. The minimum atomic E-state index is -0.461. The Morgan fingerprint density at radius 2 is 2.00 bits per heavy atom. The number of carbonyl (C=O) groups excluding carboxylic acids is 2. The van der Waals surface area contributed by atoms with Gasteiger partial charge in [0.25, 0.3) is 5.91 Å². The van der Waals surface area contributed by atoms with Crippen LogP contribution in [0.25, 0.3) is 0 Å². The van der Waals surface area contributed by atoms with Crippen LogP contribution in [-0.2, 0) is 17.6 Å². The van der Waals surface area contributed by atoms with Gasteiger partial charge < -0.3 is 15.8 Å². The summed E-state index contributed by atoms with van der Waals surface area (Å²) in [6.45, 7) is 0.473. The molecule has 3 N–H and O–H groups in total. The van der Waals surface area contributed by atoms with Crippen molar-refractivity contribution in [1.82, 2.24) is 0 Å². The first kappa shape index (κ1) is 16.5. The van der Waals surface area contributed by atoms with Crippen LogP contribution in [0.2, 0.25) is 0 Å². The van der Waals surface area contributed by atoms with E-state index in [9.17, 15) is 9.59 Å². The number of fused-ring (bicyclic) bond motifs is 1. The molecular weight excluding hydrogens is 324 g/mol. The zero-order valence-electron chi connectivity index (χ0n) is 13.3. The first-order valence-electron chi connectivity index (χ1n) is 8.07. The summed E-state index contributed by atoms with van der Waals surface area (Å²) in [5.74, 6) is 0.217. The number of benzene rings is 1. The smallest absolute Gasteiger partial charge is 0.251 e. The molecule has 2 amide bonds. The molecular formula is C18H20N2O3S. The number of ether oxygens (including phenoxy) is 1. The molecule has 0 fully saturated rings. The molecule has 1 aromatic carbocycles. The van der Waals surface area contributed by atoms with Crippen molar-refractivity contribution in [3.05, 3.63) is 46.3 Å². The number of hydrogen-bond donors (Lipinski definition) is 2.